The van der Waals surface area contributed by atoms with Gasteiger partial charge in [0.15, 0.2) is 0 Å². The van der Waals surface area contributed by atoms with Crippen LogP contribution in [0.25, 0.3) is 11.0 Å². The molecule has 1 aromatic heterocycles. The number of benzene rings is 2. The number of nitrogens with zero attached hydrogens (tertiary/aromatic N) is 3. The molecule has 142 valence electrons. The SMILES string of the molecule is CCCCc1nc2ccccc2n1C[C@H](O)COc1cccc([N+](=O)[O-])c1. The molecule has 7 heteroatoms. The van der Waals surface area contributed by atoms with E-state index in [0.717, 1.165) is 36.1 Å². The van der Waals surface area contributed by atoms with Crippen LogP contribution in [0.3, 0.4) is 0 Å². The van der Waals surface area contributed by atoms with E-state index in [9.17, 15) is 15.2 Å². The van der Waals surface area contributed by atoms with Crippen molar-refractivity contribution in [2.45, 2.75) is 38.8 Å². The van der Waals surface area contributed by atoms with Crippen LogP contribution in [0.2, 0.25) is 0 Å². The van der Waals surface area contributed by atoms with Crippen LogP contribution in [-0.2, 0) is 13.0 Å². The highest BCUT2D eigenvalue weighted by Gasteiger charge is 2.15. The van der Waals surface area contributed by atoms with Crippen molar-refractivity contribution in [3.8, 4) is 5.75 Å². The zero-order valence-electron chi connectivity index (χ0n) is 15.2. The van der Waals surface area contributed by atoms with Crippen LogP contribution >= 0.6 is 0 Å². The Bertz CT molecular complexity index is 922. The van der Waals surface area contributed by atoms with Crippen LogP contribution in [0.4, 0.5) is 5.69 Å². The van der Waals surface area contributed by atoms with Gasteiger partial charge in [-0.25, -0.2) is 4.98 Å². The van der Waals surface area contributed by atoms with Gasteiger partial charge in [-0.3, -0.25) is 10.1 Å². The number of aromatic nitrogens is 2. The van der Waals surface area contributed by atoms with E-state index >= 15 is 0 Å². The van der Waals surface area contributed by atoms with E-state index in [1.165, 1.54) is 12.1 Å². The van der Waals surface area contributed by atoms with Gasteiger partial charge in [0.05, 0.1) is 28.6 Å². The van der Waals surface area contributed by atoms with Gasteiger partial charge < -0.3 is 14.4 Å². The van der Waals surface area contributed by atoms with Gasteiger partial charge in [0.1, 0.15) is 24.3 Å². The number of nitro benzene ring substituents is 1. The number of non-ortho nitro benzene ring substituents is 1. The van der Waals surface area contributed by atoms with Crippen molar-refractivity contribution in [1.82, 2.24) is 9.55 Å². The predicted octanol–water partition coefficient (Wildman–Crippen LogP) is 3.73. The normalized spacial score (nSPS) is 12.2. The number of para-hydroxylation sites is 2. The summed E-state index contributed by atoms with van der Waals surface area (Å²) in [5, 5.41) is 21.3. The molecule has 3 aromatic rings. The molecule has 0 amide bonds. The van der Waals surface area contributed by atoms with E-state index in [1.54, 1.807) is 12.1 Å². The van der Waals surface area contributed by atoms with E-state index in [1.807, 2.05) is 28.8 Å². The second-order valence-electron chi connectivity index (χ2n) is 6.45. The number of fused-ring (bicyclic) bond motifs is 1. The zero-order valence-corrected chi connectivity index (χ0v) is 15.2. The number of unbranched alkanes of at least 4 members (excludes halogenated alkanes) is 1. The highest BCUT2D eigenvalue weighted by Crippen LogP contribution is 2.21. The van der Waals surface area contributed by atoms with Crippen molar-refractivity contribution in [2.24, 2.45) is 0 Å². The molecule has 1 heterocycles. The van der Waals surface area contributed by atoms with Crippen molar-refractivity contribution in [2.75, 3.05) is 6.61 Å². The third kappa shape index (κ3) is 4.62. The molecule has 0 aliphatic heterocycles. The largest absolute Gasteiger partial charge is 0.491 e. The molecule has 1 atom stereocenters. The summed E-state index contributed by atoms with van der Waals surface area (Å²) in [6, 6.07) is 13.8. The Morgan fingerprint density at radius 2 is 2.07 bits per heavy atom. The fourth-order valence-corrected chi connectivity index (χ4v) is 3.00. The van der Waals surface area contributed by atoms with Crippen molar-refractivity contribution in [3.63, 3.8) is 0 Å². The number of aliphatic hydroxyl groups excluding tert-OH is 1. The molecule has 0 aliphatic carbocycles. The topological polar surface area (TPSA) is 90.4 Å². The maximum atomic E-state index is 10.8. The van der Waals surface area contributed by atoms with E-state index in [-0.39, 0.29) is 12.3 Å². The second-order valence-corrected chi connectivity index (χ2v) is 6.45. The molecule has 0 bridgehead atoms. The summed E-state index contributed by atoms with van der Waals surface area (Å²) in [5.74, 6) is 1.32. The number of aryl methyl sites for hydroxylation is 1. The summed E-state index contributed by atoms with van der Waals surface area (Å²) in [7, 11) is 0. The molecular formula is C20H23N3O4. The van der Waals surface area contributed by atoms with Gasteiger partial charge in [0, 0.05) is 12.5 Å². The van der Waals surface area contributed by atoms with Crippen molar-refractivity contribution >= 4 is 16.7 Å². The number of hydrogen-bond donors (Lipinski definition) is 1. The maximum Gasteiger partial charge on any atom is 0.273 e. The fraction of sp³-hybridized carbons (Fsp3) is 0.350. The summed E-state index contributed by atoms with van der Waals surface area (Å²) in [5.41, 5.74) is 1.86. The van der Waals surface area contributed by atoms with Crippen LogP contribution in [0.5, 0.6) is 5.75 Å². The lowest BCUT2D eigenvalue weighted by Gasteiger charge is -2.15. The summed E-state index contributed by atoms with van der Waals surface area (Å²) in [4.78, 5) is 15.1. The smallest absolute Gasteiger partial charge is 0.273 e. The Morgan fingerprint density at radius 1 is 1.26 bits per heavy atom. The van der Waals surface area contributed by atoms with Crippen LogP contribution in [-0.4, -0.2) is 32.3 Å². The van der Waals surface area contributed by atoms with Gasteiger partial charge >= 0.3 is 0 Å². The molecule has 2 aromatic carbocycles. The molecule has 0 radical (unpaired) electrons. The minimum Gasteiger partial charge on any atom is -0.491 e. The van der Waals surface area contributed by atoms with E-state index in [2.05, 4.69) is 11.9 Å². The molecule has 0 spiro atoms. The summed E-state index contributed by atoms with van der Waals surface area (Å²) < 4.78 is 7.59. The predicted molar refractivity (Wildman–Crippen MR) is 103 cm³/mol. The third-order valence-electron chi connectivity index (χ3n) is 4.35. The van der Waals surface area contributed by atoms with E-state index < -0.39 is 11.0 Å². The number of rotatable bonds is 9. The van der Waals surface area contributed by atoms with Crippen molar-refractivity contribution in [1.29, 1.82) is 0 Å². The first-order valence-corrected chi connectivity index (χ1v) is 9.08. The summed E-state index contributed by atoms with van der Waals surface area (Å²) in [6.07, 6.45) is 2.19. The van der Waals surface area contributed by atoms with Crippen LogP contribution in [0.15, 0.2) is 48.5 Å². The van der Waals surface area contributed by atoms with Gasteiger partial charge in [-0.1, -0.05) is 31.5 Å². The molecular weight excluding hydrogens is 346 g/mol. The summed E-state index contributed by atoms with van der Waals surface area (Å²) in [6.45, 7) is 2.53. The van der Waals surface area contributed by atoms with E-state index in [0.29, 0.717) is 12.3 Å². The number of imidazole rings is 1. The lowest BCUT2D eigenvalue weighted by molar-refractivity contribution is -0.384. The number of aliphatic hydroxyl groups is 1. The van der Waals surface area contributed by atoms with E-state index in [4.69, 9.17) is 4.74 Å². The molecule has 7 nitrogen and oxygen atoms in total. The molecule has 0 fully saturated rings. The summed E-state index contributed by atoms with van der Waals surface area (Å²) >= 11 is 0. The Morgan fingerprint density at radius 3 is 2.85 bits per heavy atom. The molecule has 0 unspecified atom stereocenters. The number of ether oxygens (including phenoxy) is 1. The van der Waals surface area contributed by atoms with Gasteiger partial charge in [-0.05, 0) is 24.6 Å². The Kier molecular flexibility index (Phi) is 6.03. The average molecular weight is 369 g/mol. The minimum absolute atomic E-state index is 0.0376. The molecule has 0 saturated carbocycles. The lowest BCUT2D eigenvalue weighted by Crippen LogP contribution is -2.24. The maximum absolute atomic E-state index is 10.8. The first kappa shape index (κ1) is 18.8. The van der Waals surface area contributed by atoms with Gasteiger partial charge in [0.25, 0.3) is 5.69 Å². The third-order valence-corrected chi connectivity index (χ3v) is 4.35. The van der Waals surface area contributed by atoms with Crippen molar-refractivity contribution in [3.05, 3.63) is 64.5 Å². The number of hydrogen-bond acceptors (Lipinski definition) is 5. The average Bonchev–Trinajstić information content (AvgIpc) is 3.02. The Labute approximate surface area is 157 Å². The Hall–Kier alpha value is -2.93. The standard InChI is InChI=1S/C20H23N3O4/c1-2-3-11-20-21-18-9-4-5-10-19(18)22(20)13-16(24)14-27-17-8-6-7-15(12-17)23(25)26/h4-10,12,16,24H,2-3,11,13-14H2,1H3/t16-/m0/s1. The van der Waals surface area contributed by atoms with Gasteiger partial charge in [-0.15, -0.1) is 0 Å². The van der Waals surface area contributed by atoms with Crippen LogP contribution in [0, 0.1) is 10.1 Å². The lowest BCUT2D eigenvalue weighted by atomic mass is 10.2. The van der Waals surface area contributed by atoms with Crippen molar-refractivity contribution < 1.29 is 14.8 Å². The molecule has 0 aliphatic rings. The fourth-order valence-electron chi connectivity index (χ4n) is 3.00. The zero-order chi connectivity index (χ0) is 19.2. The first-order valence-electron chi connectivity index (χ1n) is 9.08. The highest BCUT2D eigenvalue weighted by atomic mass is 16.6. The monoisotopic (exact) mass is 369 g/mol. The number of nitro groups is 1. The molecule has 3 rings (SSSR count). The first-order chi connectivity index (χ1) is 13.1. The molecule has 0 saturated heterocycles. The van der Waals surface area contributed by atoms with Crippen LogP contribution < -0.4 is 4.74 Å². The Balaban J connectivity index is 1.71. The quantitative estimate of drug-likeness (QED) is 0.458. The highest BCUT2D eigenvalue weighted by molar-refractivity contribution is 5.75. The second kappa shape index (κ2) is 8.64. The molecule has 27 heavy (non-hydrogen) atoms. The minimum atomic E-state index is -0.762. The molecule has 1 N–H and O–H groups in total. The van der Waals surface area contributed by atoms with Crippen LogP contribution in [0.1, 0.15) is 25.6 Å². The van der Waals surface area contributed by atoms with Gasteiger partial charge in [0.2, 0.25) is 0 Å². The van der Waals surface area contributed by atoms with Gasteiger partial charge in [-0.2, -0.15) is 0 Å².